The molecule has 1 N–H and O–H groups in total. The number of nitrogens with zero attached hydrogens (tertiary/aromatic N) is 2. The largest absolute Gasteiger partial charge is 0.466 e. The topological polar surface area (TPSA) is 132 Å². The first-order valence-corrected chi connectivity index (χ1v) is 30.1. The molecule has 1 aliphatic rings. The first-order chi connectivity index (χ1) is 34.9. The molecule has 1 atom stereocenters. The summed E-state index contributed by atoms with van der Waals surface area (Å²) in [4.78, 5) is 70.8. The standard InChI is InChI=1S/C61H111N3O8/c1-7-10-13-16-19-20-21-22-23-24-25-26-27-30-36-46-57(66)70-52-41-31-35-44-55(60(69)62-53-59(68)72-61(4,5)6)64(51-50-63-48-39-32-40-49-63)56(65)45-37-38-47-58(67)71-54(42-33-28-17-14-11-8-2)43-34-29-18-15-12-9-3/h19-20,22-23,54-55H,7-18,21,24-53H2,1-6H3,(H,62,69)/b20-19-,23-22-. The second kappa shape index (κ2) is 46.3. The highest BCUT2D eigenvalue weighted by Crippen LogP contribution is 2.20. The number of nitrogens with one attached hydrogen (secondary N) is 1. The van der Waals surface area contributed by atoms with E-state index in [-0.39, 0.29) is 49.2 Å². The van der Waals surface area contributed by atoms with Gasteiger partial charge in [-0.15, -0.1) is 0 Å². The summed E-state index contributed by atoms with van der Waals surface area (Å²) in [6, 6.07) is -0.778. The Morgan fingerprint density at radius 2 is 1.06 bits per heavy atom. The molecule has 1 aliphatic heterocycles. The van der Waals surface area contributed by atoms with Crippen LogP contribution in [0.2, 0.25) is 0 Å². The summed E-state index contributed by atoms with van der Waals surface area (Å²) < 4.78 is 17.2. The molecule has 0 spiro atoms. The second-order valence-electron chi connectivity index (χ2n) is 21.8. The lowest BCUT2D eigenvalue weighted by molar-refractivity contribution is -0.155. The molecular formula is C61H111N3O8. The highest BCUT2D eigenvalue weighted by Gasteiger charge is 2.31. The molecule has 0 aromatic heterocycles. The second-order valence-corrected chi connectivity index (χ2v) is 21.8. The third kappa shape index (κ3) is 40.2. The van der Waals surface area contributed by atoms with Crippen LogP contribution in [-0.2, 0) is 38.2 Å². The van der Waals surface area contributed by atoms with Crippen LogP contribution in [0.4, 0.5) is 0 Å². The molecular weight excluding hydrogens is 903 g/mol. The van der Waals surface area contributed by atoms with Gasteiger partial charge < -0.3 is 29.3 Å². The van der Waals surface area contributed by atoms with E-state index in [0.29, 0.717) is 58.2 Å². The van der Waals surface area contributed by atoms with Crippen molar-refractivity contribution >= 4 is 29.7 Å². The van der Waals surface area contributed by atoms with Crippen molar-refractivity contribution in [2.24, 2.45) is 0 Å². The smallest absolute Gasteiger partial charge is 0.325 e. The van der Waals surface area contributed by atoms with E-state index in [1.54, 1.807) is 25.7 Å². The number of esters is 3. The minimum Gasteiger partial charge on any atom is -0.466 e. The molecule has 1 unspecified atom stereocenters. The molecule has 72 heavy (non-hydrogen) atoms. The molecule has 11 nitrogen and oxygen atoms in total. The van der Waals surface area contributed by atoms with Gasteiger partial charge in [-0.3, -0.25) is 24.0 Å². The number of hydrogen-bond donors (Lipinski definition) is 1. The zero-order chi connectivity index (χ0) is 52.8. The lowest BCUT2D eigenvalue weighted by Crippen LogP contribution is -2.53. The number of carbonyl (C=O) groups is 5. The first-order valence-electron chi connectivity index (χ1n) is 30.1. The summed E-state index contributed by atoms with van der Waals surface area (Å²) >= 11 is 0. The van der Waals surface area contributed by atoms with Gasteiger partial charge in [-0.2, -0.15) is 0 Å². The molecule has 0 aromatic carbocycles. The van der Waals surface area contributed by atoms with Crippen LogP contribution in [0.25, 0.3) is 0 Å². The third-order valence-corrected chi connectivity index (χ3v) is 13.7. The van der Waals surface area contributed by atoms with E-state index < -0.39 is 17.6 Å². The maximum absolute atomic E-state index is 14.3. The van der Waals surface area contributed by atoms with Gasteiger partial charge in [-0.05, 0) is 143 Å². The molecule has 0 bridgehead atoms. The quantitative estimate of drug-likeness (QED) is 0.0274. The molecule has 418 valence electrons. The molecule has 1 heterocycles. The van der Waals surface area contributed by atoms with Gasteiger partial charge in [0, 0.05) is 32.4 Å². The molecule has 1 rings (SSSR count). The van der Waals surface area contributed by atoms with Crippen molar-refractivity contribution in [2.75, 3.05) is 39.3 Å². The van der Waals surface area contributed by atoms with Crippen molar-refractivity contribution in [2.45, 2.75) is 297 Å². The summed E-state index contributed by atoms with van der Waals surface area (Å²) in [6.07, 6.45) is 45.7. The third-order valence-electron chi connectivity index (χ3n) is 13.7. The number of hydrogen-bond acceptors (Lipinski definition) is 9. The van der Waals surface area contributed by atoms with Crippen LogP contribution in [-0.4, -0.2) is 96.6 Å². The van der Waals surface area contributed by atoms with Crippen molar-refractivity contribution in [1.29, 1.82) is 0 Å². The number of unbranched alkanes of at least 4 members (excludes halogenated alkanes) is 21. The number of allylic oxidation sites excluding steroid dienone is 4. The molecule has 0 aliphatic carbocycles. The summed E-state index contributed by atoms with van der Waals surface area (Å²) in [6.45, 7) is 15.1. The maximum Gasteiger partial charge on any atom is 0.325 e. The zero-order valence-corrected chi connectivity index (χ0v) is 47.5. The fourth-order valence-electron chi connectivity index (χ4n) is 9.43. The van der Waals surface area contributed by atoms with Gasteiger partial charge in [-0.1, -0.05) is 154 Å². The Hall–Kier alpha value is -3.21. The summed E-state index contributed by atoms with van der Waals surface area (Å²) in [5.41, 5.74) is -0.696. The highest BCUT2D eigenvalue weighted by molar-refractivity contribution is 5.89. The van der Waals surface area contributed by atoms with Gasteiger partial charge in [0.2, 0.25) is 11.8 Å². The SMILES string of the molecule is CCCCC/C=C\C/C=C\CCCCCCCC(=O)OCCCCCC(C(=O)NCC(=O)OC(C)(C)C)N(CCN1CCCCC1)C(=O)CCCCC(=O)OC(CCCCCCCC)CCCCCCCC. The molecule has 0 aromatic rings. The zero-order valence-electron chi connectivity index (χ0n) is 47.5. The summed E-state index contributed by atoms with van der Waals surface area (Å²) in [7, 11) is 0. The first kappa shape index (κ1) is 66.8. The van der Waals surface area contributed by atoms with Crippen molar-refractivity contribution in [3.63, 3.8) is 0 Å². The Bertz CT molecular complexity index is 1400. The lowest BCUT2D eigenvalue weighted by atomic mass is 10.0. The minimum absolute atomic E-state index is 0.0468. The van der Waals surface area contributed by atoms with Crippen LogP contribution < -0.4 is 5.32 Å². The number of amides is 2. The van der Waals surface area contributed by atoms with Crippen LogP contribution in [0.1, 0.15) is 279 Å². The minimum atomic E-state index is -0.778. The van der Waals surface area contributed by atoms with E-state index in [2.05, 4.69) is 55.3 Å². The predicted octanol–water partition coefficient (Wildman–Crippen LogP) is 15.0. The van der Waals surface area contributed by atoms with E-state index in [1.165, 1.54) is 109 Å². The van der Waals surface area contributed by atoms with Gasteiger partial charge in [0.25, 0.3) is 0 Å². The van der Waals surface area contributed by atoms with E-state index in [0.717, 1.165) is 90.1 Å². The highest BCUT2D eigenvalue weighted by atomic mass is 16.6. The number of likely N-dealkylation sites (tertiary alicyclic amines) is 1. The fourth-order valence-corrected chi connectivity index (χ4v) is 9.43. The Morgan fingerprint density at radius 1 is 0.556 bits per heavy atom. The number of piperidine rings is 1. The summed E-state index contributed by atoms with van der Waals surface area (Å²) in [5, 5.41) is 2.80. The Balaban J connectivity index is 2.78. The van der Waals surface area contributed by atoms with Crippen LogP contribution in [0.5, 0.6) is 0 Å². The average molecular weight is 1010 g/mol. The molecule has 0 radical (unpaired) electrons. The van der Waals surface area contributed by atoms with Crippen molar-refractivity contribution in [3.8, 4) is 0 Å². The maximum atomic E-state index is 14.3. The van der Waals surface area contributed by atoms with Crippen LogP contribution >= 0.6 is 0 Å². The van der Waals surface area contributed by atoms with E-state index in [4.69, 9.17) is 14.2 Å². The molecule has 0 saturated carbocycles. The number of rotatable bonds is 47. The average Bonchev–Trinajstić information content (AvgIpc) is 3.35. The lowest BCUT2D eigenvalue weighted by Gasteiger charge is -2.34. The van der Waals surface area contributed by atoms with E-state index in [1.807, 2.05) is 0 Å². The summed E-state index contributed by atoms with van der Waals surface area (Å²) in [5.74, 6) is -1.37. The van der Waals surface area contributed by atoms with E-state index in [9.17, 15) is 24.0 Å². The van der Waals surface area contributed by atoms with Crippen molar-refractivity contribution in [3.05, 3.63) is 24.3 Å². The number of carbonyl (C=O) groups excluding carboxylic acids is 5. The van der Waals surface area contributed by atoms with Gasteiger partial charge in [0.05, 0.1) is 6.61 Å². The Labute approximate surface area is 441 Å². The van der Waals surface area contributed by atoms with Gasteiger partial charge in [0.15, 0.2) is 0 Å². The fraction of sp³-hybridized carbons (Fsp3) is 0.852. The van der Waals surface area contributed by atoms with Crippen LogP contribution in [0.3, 0.4) is 0 Å². The molecule has 2 amide bonds. The molecule has 1 saturated heterocycles. The predicted molar refractivity (Wildman–Crippen MR) is 298 cm³/mol. The van der Waals surface area contributed by atoms with Crippen molar-refractivity contribution < 1.29 is 38.2 Å². The van der Waals surface area contributed by atoms with E-state index >= 15 is 0 Å². The number of ether oxygens (including phenoxy) is 3. The Morgan fingerprint density at radius 3 is 1.68 bits per heavy atom. The van der Waals surface area contributed by atoms with Crippen LogP contribution in [0.15, 0.2) is 24.3 Å². The monoisotopic (exact) mass is 1010 g/mol. The normalized spacial score (nSPS) is 13.8. The van der Waals surface area contributed by atoms with Gasteiger partial charge in [0.1, 0.15) is 24.3 Å². The molecule has 1 fully saturated rings. The van der Waals surface area contributed by atoms with Gasteiger partial charge >= 0.3 is 17.9 Å². The van der Waals surface area contributed by atoms with Gasteiger partial charge in [-0.25, -0.2) is 0 Å². The Kier molecular flexibility index (Phi) is 43.0. The van der Waals surface area contributed by atoms with Crippen molar-refractivity contribution in [1.82, 2.24) is 15.1 Å². The molecule has 11 heteroatoms. The van der Waals surface area contributed by atoms with Crippen LogP contribution in [0, 0.1) is 0 Å².